The van der Waals surface area contributed by atoms with Gasteiger partial charge in [0.2, 0.25) is 0 Å². The molecule has 0 bridgehead atoms. The molecule has 5 heteroatoms. The molecule has 0 aliphatic carbocycles. The Labute approximate surface area is 96.6 Å². The van der Waals surface area contributed by atoms with Crippen molar-refractivity contribution in [1.29, 1.82) is 0 Å². The standard InChI is InChI=1S/C11H10N2O2S/c14-11(15)9-7-16-10(13-9)4-3-8-2-1-5-12-6-8/h1-2,5-7H,3-4H2,(H,14,15). The molecule has 0 radical (unpaired) electrons. The highest BCUT2D eigenvalue weighted by Gasteiger charge is 2.08. The molecule has 0 fully saturated rings. The third-order valence-electron chi connectivity index (χ3n) is 2.12. The van der Waals surface area contributed by atoms with Crippen molar-refractivity contribution in [2.45, 2.75) is 12.8 Å². The number of hydrogen-bond donors (Lipinski definition) is 1. The van der Waals surface area contributed by atoms with Gasteiger partial charge in [0.25, 0.3) is 0 Å². The van der Waals surface area contributed by atoms with E-state index in [9.17, 15) is 4.79 Å². The van der Waals surface area contributed by atoms with E-state index in [1.54, 1.807) is 11.6 Å². The van der Waals surface area contributed by atoms with Crippen LogP contribution in [0.4, 0.5) is 0 Å². The molecule has 2 heterocycles. The Balaban J connectivity index is 1.97. The molecule has 4 nitrogen and oxygen atoms in total. The smallest absolute Gasteiger partial charge is 0.355 e. The van der Waals surface area contributed by atoms with E-state index in [1.807, 2.05) is 18.3 Å². The number of carboxylic acid groups (broad SMARTS) is 1. The number of carbonyl (C=O) groups is 1. The van der Waals surface area contributed by atoms with Gasteiger partial charge >= 0.3 is 5.97 Å². The minimum atomic E-state index is -0.969. The molecule has 0 aliphatic rings. The maximum atomic E-state index is 10.6. The zero-order valence-corrected chi connectivity index (χ0v) is 9.28. The van der Waals surface area contributed by atoms with Crippen LogP contribution in [0.1, 0.15) is 21.1 Å². The average Bonchev–Trinajstić information content (AvgIpc) is 2.76. The second-order valence-electron chi connectivity index (χ2n) is 3.29. The lowest BCUT2D eigenvalue weighted by atomic mass is 10.2. The summed E-state index contributed by atoms with van der Waals surface area (Å²) in [5.74, 6) is -0.969. The summed E-state index contributed by atoms with van der Waals surface area (Å²) >= 11 is 1.38. The Morgan fingerprint density at radius 3 is 2.94 bits per heavy atom. The van der Waals surface area contributed by atoms with Crippen LogP contribution in [0, 0.1) is 0 Å². The van der Waals surface area contributed by atoms with Crippen molar-refractivity contribution in [2.24, 2.45) is 0 Å². The van der Waals surface area contributed by atoms with Gasteiger partial charge in [-0.25, -0.2) is 9.78 Å². The van der Waals surface area contributed by atoms with Gasteiger partial charge in [-0.3, -0.25) is 4.98 Å². The highest BCUT2D eigenvalue weighted by Crippen LogP contribution is 2.12. The first-order valence-corrected chi connectivity index (χ1v) is 5.70. The molecule has 2 rings (SSSR count). The van der Waals surface area contributed by atoms with Crippen LogP contribution in [0.2, 0.25) is 0 Å². The lowest BCUT2D eigenvalue weighted by molar-refractivity contribution is 0.0691. The normalized spacial score (nSPS) is 10.2. The Morgan fingerprint density at radius 2 is 2.31 bits per heavy atom. The largest absolute Gasteiger partial charge is 0.476 e. The lowest BCUT2D eigenvalue weighted by Crippen LogP contribution is -1.97. The topological polar surface area (TPSA) is 63.1 Å². The second kappa shape index (κ2) is 4.85. The Morgan fingerprint density at radius 1 is 1.44 bits per heavy atom. The number of nitrogens with zero attached hydrogens (tertiary/aromatic N) is 2. The predicted molar refractivity (Wildman–Crippen MR) is 60.7 cm³/mol. The van der Waals surface area contributed by atoms with Crippen LogP contribution in [0.5, 0.6) is 0 Å². The summed E-state index contributed by atoms with van der Waals surface area (Å²) < 4.78 is 0. The van der Waals surface area contributed by atoms with Crippen LogP contribution in [-0.2, 0) is 12.8 Å². The molecule has 2 aromatic rings. The van der Waals surface area contributed by atoms with E-state index in [2.05, 4.69) is 9.97 Å². The fourth-order valence-electron chi connectivity index (χ4n) is 1.32. The number of aromatic carboxylic acids is 1. The van der Waals surface area contributed by atoms with Crippen LogP contribution in [0.25, 0.3) is 0 Å². The fourth-order valence-corrected chi connectivity index (χ4v) is 2.09. The van der Waals surface area contributed by atoms with E-state index < -0.39 is 5.97 Å². The average molecular weight is 234 g/mol. The summed E-state index contributed by atoms with van der Waals surface area (Å²) in [6, 6.07) is 3.89. The van der Waals surface area contributed by atoms with Gasteiger partial charge in [-0.1, -0.05) is 6.07 Å². The minimum absolute atomic E-state index is 0.131. The molecule has 0 saturated heterocycles. The molecule has 0 aromatic carbocycles. The monoisotopic (exact) mass is 234 g/mol. The van der Waals surface area contributed by atoms with Crippen LogP contribution in [0.3, 0.4) is 0 Å². The number of hydrogen-bond acceptors (Lipinski definition) is 4. The van der Waals surface area contributed by atoms with Gasteiger partial charge in [0.1, 0.15) is 0 Å². The molecule has 82 valence electrons. The van der Waals surface area contributed by atoms with Crippen molar-refractivity contribution in [3.05, 3.63) is 46.2 Å². The second-order valence-corrected chi connectivity index (χ2v) is 4.24. The molecule has 1 N–H and O–H groups in total. The predicted octanol–water partition coefficient (Wildman–Crippen LogP) is 2.02. The third kappa shape index (κ3) is 2.64. The van der Waals surface area contributed by atoms with Gasteiger partial charge < -0.3 is 5.11 Å². The molecule has 0 aliphatic heterocycles. The number of rotatable bonds is 4. The van der Waals surface area contributed by atoms with Crippen LogP contribution < -0.4 is 0 Å². The number of pyridine rings is 1. The van der Waals surface area contributed by atoms with Crippen LogP contribution in [0.15, 0.2) is 29.9 Å². The minimum Gasteiger partial charge on any atom is -0.476 e. The van der Waals surface area contributed by atoms with Crippen molar-refractivity contribution < 1.29 is 9.90 Å². The SMILES string of the molecule is O=C(O)c1csc(CCc2cccnc2)n1. The number of aromatic nitrogens is 2. The Bertz CT molecular complexity index is 482. The highest BCUT2D eigenvalue weighted by atomic mass is 32.1. The lowest BCUT2D eigenvalue weighted by Gasteiger charge is -1.96. The van der Waals surface area contributed by atoms with E-state index in [-0.39, 0.29) is 5.69 Å². The molecular formula is C11H10N2O2S. The van der Waals surface area contributed by atoms with Crippen LogP contribution >= 0.6 is 11.3 Å². The van der Waals surface area contributed by atoms with Crippen molar-refractivity contribution >= 4 is 17.3 Å². The molecule has 16 heavy (non-hydrogen) atoms. The van der Waals surface area contributed by atoms with Gasteiger partial charge in [-0.05, 0) is 18.1 Å². The van der Waals surface area contributed by atoms with E-state index in [1.165, 1.54) is 11.3 Å². The number of carboxylic acids is 1. The molecule has 0 amide bonds. The first-order chi connectivity index (χ1) is 7.75. The summed E-state index contributed by atoms with van der Waals surface area (Å²) in [5.41, 5.74) is 1.26. The molecule has 0 spiro atoms. The Kier molecular flexibility index (Phi) is 3.26. The summed E-state index contributed by atoms with van der Waals surface area (Å²) in [7, 11) is 0. The van der Waals surface area contributed by atoms with E-state index in [4.69, 9.17) is 5.11 Å². The maximum absolute atomic E-state index is 10.6. The van der Waals surface area contributed by atoms with Crippen LogP contribution in [-0.4, -0.2) is 21.0 Å². The van der Waals surface area contributed by atoms with Crippen molar-refractivity contribution in [3.63, 3.8) is 0 Å². The third-order valence-corrected chi connectivity index (χ3v) is 3.03. The summed E-state index contributed by atoms with van der Waals surface area (Å²) in [6.07, 6.45) is 5.13. The summed E-state index contributed by atoms with van der Waals surface area (Å²) in [5, 5.41) is 11.1. The molecular weight excluding hydrogens is 224 g/mol. The molecule has 0 saturated carbocycles. The van der Waals surface area contributed by atoms with Crippen molar-refractivity contribution in [2.75, 3.05) is 0 Å². The van der Waals surface area contributed by atoms with Crippen molar-refractivity contribution in [1.82, 2.24) is 9.97 Å². The first kappa shape index (κ1) is 10.8. The highest BCUT2D eigenvalue weighted by molar-refractivity contribution is 7.09. The number of thiazole rings is 1. The summed E-state index contributed by atoms with van der Waals surface area (Å²) in [6.45, 7) is 0. The molecule has 2 aromatic heterocycles. The van der Waals surface area contributed by atoms with Gasteiger partial charge in [0.05, 0.1) is 5.01 Å². The Hall–Kier alpha value is -1.75. The van der Waals surface area contributed by atoms with Crippen molar-refractivity contribution in [3.8, 4) is 0 Å². The van der Waals surface area contributed by atoms with Gasteiger partial charge in [-0.15, -0.1) is 11.3 Å². The molecule has 0 atom stereocenters. The fraction of sp³-hybridized carbons (Fsp3) is 0.182. The first-order valence-electron chi connectivity index (χ1n) is 4.82. The zero-order valence-electron chi connectivity index (χ0n) is 8.46. The van der Waals surface area contributed by atoms with E-state index >= 15 is 0 Å². The van der Waals surface area contributed by atoms with Gasteiger partial charge in [0, 0.05) is 24.2 Å². The van der Waals surface area contributed by atoms with E-state index in [0.717, 1.165) is 23.4 Å². The van der Waals surface area contributed by atoms with E-state index in [0.29, 0.717) is 0 Å². The number of aryl methyl sites for hydroxylation is 2. The zero-order chi connectivity index (χ0) is 11.4. The molecule has 0 unspecified atom stereocenters. The summed E-state index contributed by atoms with van der Waals surface area (Å²) in [4.78, 5) is 18.7. The van der Waals surface area contributed by atoms with Gasteiger partial charge in [0.15, 0.2) is 5.69 Å². The maximum Gasteiger partial charge on any atom is 0.355 e. The quantitative estimate of drug-likeness (QED) is 0.879. The van der Waals surface area contributed by atoms with Gasteiger partial charge in [-0.2, -0.15) is 0 Å².